The zero-order chi connectivity index (χ0) is 22.7. The Hall–Kier alpha value is -2.15. The van der Waals surface area contributed by atoms with E-state index >= 15 is 0 Å². The number of nitrogens with zero attached hydrogens (tertiary/aromatic N) is 1. The van der Waals surface area contributed by atoms with Crippen molar-refractivity contribution in [1.29, 1.82) is 0 Å². The van der Waals surface area contributed by atoms with Gasteiger partial charge in [-0.15, -0.1) is 13.2 Å². The molecule has 1 aliphatic heterocycles. The SMILES string of the molecule is C=CCCC(=O)OCC(NC(=O)C(CC=C)CC(=O)N1CCCC1CO)C(C)(C)C. The second-order valence-corrected chi connectivity index (χ2v) is 8.93. The number of hydrogen-bond donors (Lipinski definition) is 2. The van der Waals surface area contributed by atoms with Crippen molar-refractivity contribution in [2.75, 3.05) is 19.8 Å². The van der Waals surface area contributed by atoms with Crippen molar-refractivity contribution >= 4 is 17.8 Å². The van der Waals surface area contributed by atoms with Gasteiger partial charge in [-0.1, -0.05) is 32.9 Å². The van der Waals surface area contributed by atoms with Gasteiger partial charge in [-0.3, -0.25) is 14.4 Å². The van der Waals surface area contributed by atoms with E-state index in [4.69, 9.17) is 4.74 Å². The number of carbonyl (C=O) groups is 3. The number of nitrogens with one attached hydrogen (secondary N) is 1. The quantitative estimate of drug-likeness (QED) is 0.372. The predicted octanol–water partition coefficient (Wildman–Crippen LogP) is 2.59. The summed E-state index contributed by atoms with van der Waals surface area (Å²) in [5.41, 5.74) is -0.339. The Bertz CT molecular complexity index is 611. The van der Waals surface area contributed by atoms with Gasteiger partial charge in [0, 0.05) is 19.4 Å². The molecule has 0 aromatic heterocycles. The van der Waals surface area contributed by atoms with Crippen LogP contribution in [0.3, 0.4) is 0 Å². The van der Waals surface area contributed by atoms with Crippen molar-refractivity contribution in [3.8, 4) is 0 Å². The fourth-order valence-corrected chi connectivity index (χ4v) is 3.43. The lowest BCUT2D eigenvalue weighted by Gasteiger charge is -2.32. The summed E-state index contributed by atoms with van der Waals surface area (Å²) in [5, 5.41) is 12.4. The van der Waals surface area contributed by atoms with Gasteiger partial charge in [0.15, 0.2) is 0 Å². The van der Waals surface area contributed by atoms with Crippen molar-refractivity contribution < 1.29 is 24.2 Å². The maximum absolute atomic E-state index is 13.0. The minimum absolute atomic E-state index is 0.0599. The van der Waals surface area contributed by atoms with Gasteiger partial charge in [-0.05, 0) is 31.1 Å². The van der Waals surface area contributed by atoms with Gasteiger partial charge in [0.1, 0.15) is 6.61 Å². The summed E-state index contributed by atoms with van der Waals surface area (Å²) in [7, 11) is 0. The molecule has 0 aromatic rings. The monoisotopic (exact) mass is 422 g/mol. The van der Waals surface area contributed by atoms with Crippen LogP contribution in [0.15, 0.2) is 25.3 Å². The first kappa shape index (κ1) is 25.9. The van der Waals surface area contributed by atoms with E-state index in [0.717, 1.165) is 12.8 Å². The van der Waals surface area contributed by atoms with Crippen LogP contribution in [0.2, 0.25) is 0 Å². The van der Waals surface area contributed by atoms with Gasteiger partial charge in [-0.2, -0.15) is 0 Å². The van der Waals surface area contributed by atoms with E-state index in [1.165, 1.54) is 0 Å². The maximum Gasteiger partial charge on any atom is 0.306 e. The van der Waals surface area contributed by atoms with Crippen molar-refractivity contribution in [2.24, 2.45) is 11.3 Å². The molecular formula is C23H38N2O5. The third-order valence-corrected chi connectivity index (χ3v) is 5.48. The maximum atomic E-state index is 13.0. The normalized spacial score (nSPS) is 18.4. The molecule has 170 valence electrons. The molecule has 2 N–H and O–H groups in total. The number of rotatable bonds is 12. The topological polar surface area (TPSA) is 95.9 Å². The van der Waals surface area contributed by atoms with Gasteiger partial charge in [-0.25, -0.2) is 0 Å². The molecule has 1 aliphatic rings. The largest absolute Gasteiger partial charge is 0.463 e. The Labute approximate surface area is 180 Å². The Morgan fingerprint density at radius 1 is 1.27 bits per heavy atom. The number of hydrogen-bond acceptors (Lipinski definition) is 5. The van der Waals surface area contributed by atoms with E-state index in [0.29, 0.717) is 19.4 Å². The number of esters is 1. The predicted molar refractivity (Wildman–Crippen MR) is 117 cm³/mol. The highest BCUT2D eigenvalue weighted by Crippen LogP contribution is 2.23. The number of aliphatic hydroxyl groups is 1. The minimum atomic E-state index is -0.559. The fourth-order valence-electron chi connectivity index (χ4n) is 3.43. The molecule has 0 radical (unpaired) electrons. The summed E-state index contributed by atoms with van der Waals surface area (Å²) in [6.45, 7) is 13.8. The van der Waals surface area contributed by atoms with Crippen LogP contribution in [-0.4, -0.2) is 59.6 Å². The second-order valence-electron chi connectivity index (χ2n) is 8.93. The molecule has 7 nitrogen and oxygen atoms in total. The number of aliphatic hydroxyl groups excluding tert-OH is 1. The summed E-state index contributed by atoms with van der Waals surface area (Å²) in [6.07, 6.45) is 6.15. The Kier molecular flexibility index (Phi) is 10.8. The van der Waals surface area contributed by atoms with Crippen molar-refractivity contribution in [3.63, 3.8) is 0 Å². The lowest BCUT2D eigenvalue weighted by atomic mass is 9.86. The van der Waals surface area contributed by atoms with Gasteiger partial charge in [0.2, 0.25) is 11.8 Å². The molecule has 1 fully saturated rings. The van der Waals surface area contributed by atoms with Gasteiger partial charge >= 0.3 is 5.97 Å². The molecule has 3 unspecified atom stereocenters. The van der Waals surface area contributed by atoms with Crippen LogP contribution < -0.4 is 5.32 Å². The smallest absolute Gasteiger partial charge is 0.306 e. The fraction of sp³-hybridized carbons (Fsp3) is 0.696. The third-order valence-electron chi connectivity index (χ3n) is 5.48. The van der Waals surface area contributed by atoms with Crippen LogP contribution in [0.25, 0.3) is 0 Å². The first-order valence-electron chi connectivity index (χ1n) is 10.7. The molecule has 0 bridgehead atoms. The Balaban J connectivity index is 2.76. The van der Waals surface area contributed by atoms with Crippen LogP contribution in [-0.2, 0) is 19.1 Å². The van der Waals surface area contributed by atoms with Gasteiger partial charge < -0.3 is 20.1 Å². The summed E-state index contributed by atoms with van der Waals surface area (Å²) in [6, 6.07) is -0.556. The molecule has 30 heavy (non-hydrogen) atoms. The summed E-state index contributed by atoms with van der Waals surface area (Å²) in [4.78, 5) is 39.2. The van der Waals surface area contributed by atoms with Crippen molar-refractivity contribution in [3.05, 3.63) is 25.3 Å². The molecule has 2 amide bonds. The number of allylic oxidation sites excluding steroid dienone is 2. The number of carbonyl (C=O) groups excluding carboxylic acids is 3. The average molecular weight is 423 g/mol. The van der Waals surface area contributed by atoms with Crippen LogP contribution in [0.1, 0.15) is 59.3 Å². The molecule has 1 saturated heterocycles. The number of amides is 2. The van der Waals surface area contributed by atoms with E-state index in [2.05, 4.69) is 18.5 Å². The highest BCUT2D eigenvalue weighted by molar-refractivity contribution is 5.86. The Morgan fingerprint density at radius 3 is 2.53 bits per heavy atom. The summed E-state index contributed by atoms with van der Waals surface area (Å²) >= 11 is 0. The summed E-state index contributed by atoms with van der Waals surface area (Å²) in [5.74, 6) is -1.28. The molecule has 1 rings (SSSR count). The molecule has 7 heteroatoms. The van der Waals surface area contributed by atoms with Crippen molar-refractivity contribution in [1.82, 2.24) is 10.2 Å². The molecule has 3 atom stereocenters. The zero-order valence-electron chi connectivity index (χ0n) is 18.7. The lowest BCUT2D eigenvalue weighted by molar-refractivity contribution is -0.146. The van der Waals surface area contributed by atoms with E-state index in [-0.39, 0.29) is 55.3 Å². The third kappa shape index (κ3) is 8.30. The minimum Gasteiger partial charge on any atom is -0.463 e. The molecule has 1 heterocycles. The van der Waals surface area contributed by atoms with E-state index < -0.39 is 12.0 Å². The molecule has 0 spiro atoms. The molecule has 0 saturated carbocycles. The van der Waals surface area contributed by atoms with Gasteiger partial charge in [0.25, 0.3) is 0 Å². The van der Waals surface area contributed by atoms with Crippen LogP contribution in [0, 0.1) is 11.3 Å². The first-order chi connectivity index (χ1) is 14.1. The van der Waals surface area contributed by atoms with Crippen LogP contribution >= 0.6 is 0 Å². The van der Waals surface area contributed by atoms with E-state index in [9.17, 15) is 19.5 Å². The summed E-state index contributed by atoms with van der Waals surface area (Å²) < 4.78 is 5.34. The van der Waals surface area contributed by atoms with Gasteiger partial charge in [0.05, 0.1) is 24.6 Å². The first-order valence-corrected chi connectivity index (χ1v) is 10.7. The highest BCUT2D eigenvalue weighted by Gasteiger charge is 2.33. The van der Waals surface area contributed by atoms with E-state index in [1.807, 2.05) is 20.8 Å². The Morgan fingerprint density at radius 2 is 1.97 bits per heavy atom. The lowest BCUT2D eigenvalue weighted by Crippen LogP contribution is -2.49. The van der Waals surface area contributed by atoms with E-state index in [1.54, 1.807) is 17.1 Å². The van der Waals surface area contributed by atoms with Crippen LogP contribution in [0.4, 0.5) is 0 Å². The average Bonchev–Trinajstić information content (AvgIpc) is 3.17. The number of likely N-dealkylation sites (tertiary alicyclic amines) is 1. The molecular weight excluding hydrogens is 384 g/mol. The molecule has 0 aliphatic carbocycles. The van der Waals surface area contributed by atoms with Crippen molar-refractivity contribution in [2.45, 2.75) is 71.4 Å². The highest BCUT2D eigenvalue weighted by atomic mass is 16.5. The second kappa shape index (κ2) is 12.5. The zero-order valence-corrected chi connectivity index (χ0v) is 18.7. The molecule has 0 aromatic carbocycles. The van der Waals surface area contributed by atoms with Crippen LogP contribution in [0.5, 0.6) is 0 Å². The standard InChI is InChI=1S/C23H38N2O5/c1-6-8-12-21(28)30-16-19(23(3,4)5)24-22(29)17(10-7-2)14-20(27)25-13-9-11-18(25)15-26/h6-7,17-19,26H,1-2,8-16H2,3-5H3,(H,24,29). The number of ether oxygens (including phenoxy) is 1.